The number of nitrogens with zero attached hydrogens (tertiary/aromatic N) is 5. The predicted octanol–water partition coefficient (Wildman–Crippen LogP) is 3.56. The number of methoxy groups -OCH3 is 1. The maximum atomic E-state index is 12.9. The fraction of sp³-hybridized carbons (Fsp3) is 0.440. The largest absolute Gasteiger partial charge is 0.496 e. The highest BCUT2D eigenvalue weighted by Crippen LogP contribution is 2.38. The van der Waals surface area contributed by atoms with Crippen molar-refractivity contribution in [1.82, 2.24) is 19.6 Å². The average Bonchev–Trinajstić information content (AvgIpc) is 3.14. The van der Waals surface area contributed by atoms with Crippen molar-refractivity contribution in [3.05, 3.63) is 41.5 Å². The molecule has 1 saturated heterocycles. The van der Waals surface area contributed by atoms with Crippen LogP contribution in [0.2, 0.25) is 0 Å². The maximum absolute atomic E-state index is 12.9. The number of rotatable bonds is 4. The third-order valence-corrected chi connectivity index (χ3v) is 6.89. The Balaban J connectivity index is 1.52. The molecule has 0 radical (unpaired) electrons. The lowest BCUT2D eigenvalue weighted by atomic mass is 9.93. The predicted molar refractivity (Wildman–Crippen MR) is 128 cm³/mol. The molecule has 0 bridgehead atoms. The number of fused-ring (bicyclic) bond motifs is 2. The number of halogens is 3. The topological polar surface area (TPSA) is 53.8 Å². The minimum Gasteiger partial charge on any atom is -0.496 e. The number of alkyl halides is 3. The molecule has 1 fully saturated rings. The van der Waals surface area contributed by atoms with Crippen LogP contribution in [0.1, 0.15) is 15.9 Å². The number of aryl methyl sites for hydroxylation is 1. The summed E-state index contributed by atoms with van der Waals surface area (Å²) in [5.41, 5.74) is 4.57. The first kappa shape index (κ1) is 23.5. The molecule has 1 aromatic heterocycles. The summed E-state index contributed by atoms with van der Waals surface area (Å²) in [6, 6.07) is 9.86. The molecule has 0 spiro atoms. The number of hydrogen-bond acceptors (Lipinski definition) is 5. The molecule has 2 aliphatic heterocycles. The van der Waals surface area contributed by atoms with Crippen LogP contribution in [-0.4, -0.2) is 85.1 Å². The van der Waals surface area contributed by atoms with Gasteiger partial charge >= 0.3 is 6.18 Å². The number of carbonyl (C=O) groups is 1. The zero-order chi connectivity index (χ0) is 24.9. The normalized spacial score (nSPS) is 17.3. The molecule has 2 aromatic carbocycles. The highest BCUT2D eigenvalue weighted by molar-refractivity contribution is 6.02. The summed E-state index contributed by atoms with van der Waals surface area (Å²) >= 11 is 0. The average molecular weight is 488 g/mol. The molecular formula is C25H28F3N5O2. The third-order valence-electron chi connectivity index (χ3n) is 6.89. The van der Waals surface area contributed by atoms with Gasteiger partial charge in [-0.3, -0.25) is 9.48 Å². The smallest absolute Gasteiger partial charge is 0.406 e. The second kappa shape index (κ2) is 8.75. The zero-order valence-corrected chi connectivity index (χ0v) is 20.0. The lowest BCUT2D eigenvalue weighted by Gasteiger charge is -2.34. The van der Waals surface area contributed by atoms with Crippen molar-refractivity contribution in [1.29, 1.82) is 0 Å². The van der Waals surface area contributed by atoms with E-state index in [0.717, 1.165) is 58.9 Å². The van der Waals surface area contributed by atoms with Crippen molar-refractivity contribution in [2.24, 2.45) is 7.05 Å². The van der Waals surface area contributed by atoms with Crippen molar-refractivity contribution in [2.45, 2.75) is 12.6 Å². The van der Waals surface area contributed by atoms with Crippen LogP contribution in [-0.2, 0) is 13.5 Å². The van der Waals surface area contributed by atoms with Crippen LogP contribution in [0.25, 0.3) is 22.2 Å². The van der Waals surface area contributed by atoms with Crippen LogP contribution in [0.5, 0.6) is 5.75 Å². The molecule has 35 heavy (non-hydrogen) atoms. The van der Waals surface area contributed by atoms with Crippen molar-refractivity contribution in [3.63, 3.8) is 0 Å². The Morgan fingerprint density at radius 3 is 2.46 bits per heavy atom. The Morgan fingerprint density at radius 1 is 1.03 bits per heavy atom. The monoisotopic (exact) mass is 487 g/mol. The second-order valence-corrected chi connectivity index (χ2v) is 9.27. The van der Waals surface area contributed by atoms with Crippen LogP contribution in [0, 0.1) is 0 Å². The van der Waals surface area contributed by atoms with Gasteiger partial charge in [-0.1, -0.05) is 0 Å². The van der Waals surface area contributed by atoms with Gasteiger partial charge in [-0.15, -0.1) is 0 Å². The first-order valence-corrected chi connectivity index (χ1v) is 11.6. The van der Waals surface area contributed by atoms with Crippen LogP contribution < -0.4 is 9.64 Å². The van der Waals surface area contributed by atoms with Gasteiger partial charge in [0.2, 0.25) is 0 Å². The quantitative estimate of drug-likeness (QED) is 0.564. The Labute approximate surface area is 201 Å². The standard InChI is InChI=1S/C25H28F3N5O2/c1-30-8-10-32(11-9-30)18-4-5-19-20(14-18)29-31(2)23(19)17-12-16-6-7-33(15-25(26,27)28)24(34)22(16)21(13-17)35-3/h4-5,12-14H,6-11,15H2,1-3H3. The first-order valence-electron chi connectivity index (χ1n) is 11.6. The molecule has 10 heteroatoms. The van der Waals surface area contributed by atoms with Gasteiger partial charge in [0.25, 0.3) is 5.91 Å². The van der Waals surface area contributed by atoms with Crippen LogP contribution in [0.3, 0.4) is 0 Å². The number of hydrogen-bond donors (Lipinski definition) is 0. The molecule has 3 heterocycles. The lowest BCUT2D eigenvalue weighted by Crippen LogP contribution is -2.44. The number of ether oxygens (including phenoxy) is 1. The molecule has 7 nitrogen and oxygen atoms in total. The lowest BCUT2D eigenvalue weighted by molar-refractivity contribution is -0.141. The van der Waals surface area contributed by atoms with Gasteiger partial charge in [0.15, 0.2) is 0 Å². The number of likely N-dealkylation sites (N-methyl/N-ethyl adjacent to an activating group) is 1. The Kier molecular flexibility index (Phi) is 5.86. The molecule has 186 valence electrons. The van der Waals surface area contributed by atoms with Crippen molar-refractivity contribution in [2.75, 3.05) is 58.3 Å². The zero-order valence-electron chi connectivity index (χ0n) is 20.0. The van der Waals surface area contributed by atoms with E-state index in [1.807, 2.05) is 13.1 Å². The van der Waals surface area contributed by atoms with E-state index in [0.29, 0.717) is 12.0 Å². The van der Waals surface area contributed by atoms with E-state index in [-0.39, 0.29) is 17.9 Å². The van der Waals surface area contributed by atoms with Gasteiger partial charge in [-0.25, -0.2) is 0 Å². The summed E-state index contributed by atoms with van der Waals surface area (Å²) in [5.74, 6) is -0.378. The molecule has 0 unspecified atom stereocenters. The minimum atomic E-state index is -4.45. The van der Waals surface area contributed by atoms with Gasteiger partial charge in [0, 0.05) is 56.4 Å². The molecule has 0 N–H and O–H groups in total. The van der Waals surface area contributed by atoms with E-state index >= 15 is 0 Å². The Morgan fingerprint density at radius 2 is 1.77 bits per heavy atom. The Bertz CT molecular complexity index is 1260. The molecule has 5 rings (SSSR count). The van der Waals surface area contributed by atoms with Crippen LogP contribution >= 0.6 is 0 Å². The van der Waals surface area contributed by atoms with Gasteiger partial charge < -0.3 is 19.4 Å². The summed E-state index contributed by atoms with van der Waals surface area (Å²) in [7, 11) is 5.42. The number of anilines is 1. The van der Waals surface area contributed by atoms with Crippen LogP contribution in [0.15, 0.2) is 30.3 Å². The van der Waals surface area contributed by atoms with Gasteiger partial charge in [0.05, 0.1) is 23.9 Å². The molecule has 0 saturated carbocycles. The number of benzene rings is 2. The summed E-state index contributed by atoms with van der Waals surface area (Å²) in [5, 5.41) is 5.70. The summed E-state index contributed by atoms with van der Waals surface area (Å²) in [6.45, 7) is 2.70. The van der Waals surface area contributed by atoms with E-state index < -0.39 is 18.6 Å². The van der Waals surface area contributed by atoms with Gasteiger partial charge in [-0.05, 0) is 49.4 Å². The molecule has 3 aromatic rings. The second-order valence-electron chi connectivity index (χ2n) is 9.27. The molecule has 0 atom stereocenters. The van der Waals surface area contributed by atoms with E-state index in [1.54, 1.807) is 10.7 Å². The van der Waals surface area contributed by atoms with E-state index in [1.165, 1.54) is 7.11 Å². The SMILES string of the molecule is COc1cc(-c2c3ccc(N4CCN(C)CC4)cc3nn2C)cc2c1C(=O)N(CC(F)(F)F)CC2. The van der Waals surface area contributed by atoms with Crippen molar-refractivity contribution < 1.29 is 22.7 Å². The molecular weight excluding hydrogens is 459 g/mol. The highest BCUT2D eigenvalue weighted by Gasteiger charge is 2.37. The van der Waals surface area contributed by atoms with Crippen molar-refractivity contribution >= 4 is 22.5 Å². The summed E-state index contributed by atoms with van der Waals surface area (Å²) in [6.07, 6.45) is -4.12. The van der Waals surface area contributed by atoms with Gasteiger partial charge in [0.1, 0.15) is 12.3 Å². The molecule has 0 aliphatic carbocycles. The summed E-state index contributed by atoms with van der Waals surface area (Å²) in [4.78, 5) is 18.4. The maximum Gasteiger partial charge on any atom is 0.406 e. The Hall–Kier alpha value is -3.27. The van der Waals surface area contributed by atoms with Crippen molar-refractivity contribution in [3.8, 4) is 17.0 Å². The third kappa shape index (κ3) is 4.42. The van der Waals surface area contributed by atoms with Gasteiger partial charge in [-0.2, -0.15) is 18.3 Å². The van der Waals surface area contributed by atoms with E-state index in [9.17, 15) is 18.0 Å². The molecule has 1 amide bonds. The highest BCUT2D eigenvalue weighted by atomic mass is 19.4. The number of piperazine rings is 1. The molecule has 2 aliphatic rings. The number of carbonyl (C=O) groups excluding carboxylic acids is 1. The van der Waals surface area contributed by atoms with Crippen LogP contribution in [0.4, 0.5) is 18.9 Å². The van der Waals surface area contributed by atoms with E-state index in [2.05, 4.69) is 35.0 Å². The summed E-state index contributed by atoms with van der Waals surface area (Å²) < 4.78 is 46.1. The number of amides is 1. The fourth-order valence-corrected chi connectivity index (χ4v) is 5.09. The fourth-order valence-electron chi connectivity index (χ4n) is 5.09. The minimum absolute atomic E-state index is 0.0124. The first-order chi connectivity index (χ1) is 16.6. The van der Waals surface area contributed by atoms with E-state index in [4.69, 9.17) is 9.84 Å². The number of aromatic nitrogens is 2.